The van der Waals surface area contributed by atoms with Gasteiger partial charge < -0.3 is 5.73 Å². The number of carbonyl (C=O) groups is 1. The maximum absolute atomic E-state index is 12.3. The Balaban J connectivity index is 2.98. The van der Waals surface area contributed by atoms with Crippen LogP contribution in [0.3, 0.4) is 0 Å². The van der Waals surface area contributed by atoms with Crippen LogP contribution in [-0.4, -0.2) is 31.7 Å². The molecule has 0 bridgehead atoms. The Morgan fingerprint density at radius 1 is 1.50 bits per heavy atom. The summed E-state index contributed by atoms with van der Waals surface area (Å²) in [6, 6.07) is 2.95. The third-order valence-corrected chi connectivity index (χ3v) is 5.78. The lowest BCUT2D eigenvalue weighted by Crippen LogP contribution is -2.38. The van der Waals surface area contributed by atoms with E-state index in [4.69, 9.17) is 17.3 Å². The summed E-state index contributed by atoms with van der Waals surface area (Å²) in [6.45, 7) is 1.91. The number of halogens is 1. The quantitative estimate of drug-likeness (QED) is 0.832. The average Bonchev–Trinajstić information content (AvgIpc) is 2.71. The summed E-state index contributed by atoms with van der Waals surface area (Å²) in [7, 11) is -3.68. The van der Waals surface area contributed by atoms with E-state index < -0.39 is 15.9 Å². The standard InChI is InChI=1S/C10H15ClN2O3S2/c1-2-3-6-13(7-9(12)14)18(15,16)10-5-4-8(11)17-10/h4-5H,2-3,6-7H2,1H3,(H2,12,14). The third kappa shape index (κ3) is 3.94. The van der Waals surface area contributed by atoms with Crippen LogP contribution >= 0.6 is 22.9 Å². The molecule has 0 aromatic carbocycles. The molecular formula is C10H15ClN2O3S2. The fraction of sp³-hybridized carbons (Fsp3) is 0.500. The maximum Gasteiger partial charge on any atom is 0.253 e. The molecular weight excluding hydrogens is 296 g/mol. The molecule has 1 rings (SSSR count). The summed E-state index contributed by atoms with van der Waals surface area (Å²) in [6.07, 6.45) is 1.50. The normalized spacial score (nSPS) is 11.9. The van der Waals surface area contributed by atoms with Gasteiger partial charge in [0.25, 0.3) is 10.0 Å². The number of hydrogen-bond acceptors (Lipinski definition) is 4. The number of hydrogen-bond donors (Lipinski definition) is 1. The highest BCUT2D eigenvalue weighted by Crippen LogP contribution is 2.28. The van der Waals surface area contributed by atoms with Crippen molar-refractivity contribution in [2.45, 2.75) is 24.0 Å². The summed E-state index contributed by atoms with van der Waals surface area (Å²) < 4.78 is 26.1. The van der Waals surface area contributed by atoms with E-state index in [0.29, 0.717) is 10.8 Å². The molecule has 18 heavy (non-hydrogen) atoms. The van der Waals surface area contributed by atoms with Gasteiger partial charge >= 0.3 is 0 Å². The van der Waals surface area contributed by atoms with Crippen molar-refractivity contribution in [3.05, 3.63) is 16.5 Å². The van der Waals surface area contributed by atoms with E-state index in [-0.39, 0.29) is 17.3 Å². The summed E-state index contributed by atoms with van der Waals surface area (Å²) in [4.78, 5) is 10.9. The zero-order valence-corrected chi connectivity index (χ0v) is 12.3. The Morgan fingerprint density at radius 2 is 2.17 bits per heavy atom. The molecule has 1 amide bonds. The van der Waals surface area contributed by atoms with Crippen molar-refractivity contribution in [3.8, 4) is 0 Å². The highest BCUT2D eigenvalue weighted by Gasteiger charge is 2.26. The van der Waals surface area contributed by atoms with Crippen LogP contribution in [0.4, 0.5) is 0 Å². The van der Waals surface area contributed by atoms with Crippen molar-refractivity contribution in [1.29, 1.82) is 0 Å². The molecule has 1 aromatic heterocycles. The topological polar surface area (TPSA) is 80.5 Å². The first-order valence-electron chi connectivity index (χ1n) is 5.41. The highest BCUT2D eigenvalue weighted by atomic mass is 35.5. The van der Waals surface area contributed by atoms with Crippen LogP contribution in [0.5, 0.6) is 0 Å². The van der Waals surface area contributed by atoms with Crippen LogP contribution in [0.1, 0.15) is 19.8 Å². The number of carbonyl (C=O) groups excluding carboxylic acids is 1. The molecule has 8 heteroatoms. The molecule has 0 aliphatic rings. The SMILES string of the molecule is CCCCN(CC(N)=O)S(=O)(=O)c1ccc(Cl)s1. The van der Waals surface area contributed by atoms with E-state index >= 15 is 0 Å². The number of sulfonamides is 1. The lowest BCUT2D eigenvalue weighted by Gasteiger charge is -2.19. The van der Waals surface area contributed by atoms with E-state index in [1.807, 2.05) is 6.92 Å². The molecule has 2 N–H and O–H groups in total. The average molecular weight is 311 g/mol. The molecule has 0 spiro atoms. The predicted octanol–water partition coefficient (Wildman–Crippen LogP) is 1.68. The van der Waals surface area contributed by atoms with E-state index in [0.717, 1.165) is 22.1 Å². The summed E-state index contributed by atoms with van der Waals surface area (Å²) in [5.41, 5.74) is 5.08. The van der Waals surface area contributed by atoms with Gasteiger partial charge in [-0.1, -0.05) is 24.9 Å². The fourth-order valence-corrected chi connectivity index (χ4v) is 4.44. The number of thiophene rings is 1. The van der Waals surface area contributed by atoms with Gasteiger partial charge in [-0.2, -0.15) is 4.31 Å². The van der Waals surface area contributed by atoms with Crippen molar-refractivity contribution in [3.63, 3.8) is 0 Å². The van der Waals surface area contributed by atoms with Crippen molar-refractivity contribution < 1.29 is 13.2 Å². The van der Waals surface area contributed by atoms with Crippen molar-refractivity contribution in [2.75, 3.05) is 13.1 Å². The molecule has 1 heterocycles. The second-order valence-electron chi connectivity index (χ2n) is 3.72. The number of nitrogens with two attached hydrogens (primary N) is 1. The molecule has 0 fully saturated rings. The highest BCUT2D eigenvalue weighted by molar-refractivity contribution is 7.91. The van der Waals surface area contributed by atoms with Gasteiger partial charge in [0.15, 0.2) is 0 Å². The van der Waals surface area contributed by atoms with Gasteiger partial charge in [0.1, 0.15) is 4.21 Å². The minimum Gasteiger partial charge on any atom is -0.369 e. The van der Waals surface area contributed by atoms with E-state index in [9.17, 15) is 13.2 Å². The number of nitrogens with zero attached hydrogens (tertiary/aromatic N) is 1. The maximum atomic E-state index is 12.3. The number of unbranched alkanes of at least 4 members (excludes halogenated alkanes) is 1. The van der Waals surface area contributed by atoms with E-state index in [1.165, 1.54) is 12.1 Å². The van der Waals surface area contributed by atoms with Gasteiger partial charge in [0, 0.05) is 6.54 Å². The summed E-state index contributed by atoms with van der Waals surface area (Å²) in [5, 5.41) is 0. The predicted molar refractivity (Wildman–Crippen MR) is 72.2 cm³/mol. The Kier molecular flexibility index (Phi) is 5.58. The second kappa shape index (κ2) is 6.51. The molecule has 0 aliphatic carbocycles. The Labute approximate surface area is 116 Å². The van der Waals surface area contributed by atoms with Crippen LogP contribution < -0.4 is 5.73 Å². The number of amides is 1. The zero-order chi connectivity index (χ0) is 13.8. The Hall–Kier alpha value is -0.630. The first kappa shape index (κ1) is 15.4. The van der Waals surface area contributed by atoms with Crippen LogP contribution in [0.15, 0.2) is 16.3 Å². The molecule has 0 aliphatic heterocycles. The monoisotopic (exact) mass is 310 g/mol. The van der Waals surface area contributed by atoms with Gasteiger partial charge in [0.05, 0.1) is 10.9 Å². The zero-order valence-electron chi connectivity index (χ0n) is 9.93. The van der Waals surface area contributed by atoms with Crippen LogP contribution in [0, 0.1) is 0 Å². The van der Waals surface area contributed by atoms with Gasteiger partial charge in [-0.3, -0.25) is 4.79 Å². The lowest BCUT2D eigenvalue weighted by molar-refractivity contribution is -0.118. The molecule has 0 saturated heterocycles. The second-order valence-corrected chi connectivity index (χ2v) is 7.60. The van der Waals surface area contributed by atoms with Crippen LogP contribution in [0.2, 0.25) is 4.34 Å². The molecule has 0 saturated carbocycles. The molecule has 0 atom stereocenters. The van der Waals surface area contributed by atoms with E-state index in [2.05, 4.69) is 0 Å². The summed E-state index contributed by atoms with van der Waals surface area (Å²) in [5.74, 6) is -0.669. The van der Waals surface area contributed by atoms with Crippen molar-refractivity contribution in [1.82, 2.24) is 4.31 Å². The minimum atomic E-state index is -3.68. The van der Waals surface area contributed by atoms with Crippen molar-refractivity contribution in [2.24, 2.45) is 5.73 Å². The first-order valence-corrected chi connectivity index (χ1v) is 8.05. The first-order chi connectivity index (χ1) is 8.37. The Morgan fingerprint density at radius 3 is 2.61 bits per heavy atom. The van der Waals surface area contributed by atoms with Crippen molar-refractivity contribution >= 4 is 38.9 Å². The molecule has 1 aromatic rings. The smallest absolute Gasteiger partial charge is 0.253 e. The van der Waals surface area contributed by atoms with E-state index in [1.54, 1.807) is 0 Å². The third-order valence-electron chi connectivity index (χ3n) is 2.24. The number of primary amides is 1. The molecule has 5 nitrogen and oxygen atoms in total. The minimum absolute atomic E-state index is 0.129. The largest absolute Gasteiger partial charge is 0.369 e. The fourth-order valence-electron chi connectivity index (χ4n) is 1.36. The van der Waals surface area contributed by atoms with Crippen LogP contribution in [-0.2, 0) is 14.8 Å². The molecule has 0 unspecified atom stereocenters. The van der Waals surface area contributed by atoms with Gasteiger partial charge in [-0.05, 0) is 18.6 Å². The number of rotatable bonds is 7. The molecule has 0 radical (unpaired) electrons. The summed E-state index contributed by atoms with van der Waals surface area (Å²) >= 11 is 6.69. The van der Waals surface area contributed by atoms with Gasteiger partial charge in [-0.15, -0.1) is 11.3 Å². The van der Waals surface area contributed by atoms with Gasteiger partial charge in [0.2, 0.25) is 5.91 Å². The Bertz CT molecular complexity index is 513. The molecule has 102 valence electrons. The lowest BCUT2D eigenvalue weighted by atomic mass is 10.3. The van der Waals surface area contributed by atoms with Gasteiger partial charge in [-0.25, -0.2) is 8.42 Å². The van der Waals surface area contributed by atoms with Crippen LogP contribution in [0.25, 0.3) is 0 Å².